The fraction of sp³-hybridized carbons (Fsp3) is 0.857. The Morgan fingerprint density at radius 3 is 2.47 bits per heavy atom. The van der Waals surface area contributed by atoms with E-state index in [1.807, 2.05) is 41.5 Å². The van der Waals surface area contributed by atoms with Gasteiger partial charge in [-0.15, -0.1) is 0 Å². The number of nitrogens with zero attached hydrogens (tertiary/aromatic N) is 2. The third kappa shape index (κ3) is 7.34. The van der Waals surface area contributed by atoms with Gasteiger partial charge >= 0.3 is 6.09 Å². The quantitative estimate of drug-likeness (QED) is 0.327. The smallest absolute Gasteiger partial charge is 0.412 e. The van der Waals surface area contributed by atoms with E-state index in [2.05, 4.69) is 20.9 Å². The minimum Gasteiger partial charge on any atom is -0.444 e. The van der Waals surface area contributed by atoms with Crippen molar-refractivity contribution < 1.29 is 19.1 Å². The molecule has 0 radical (unpaired) electrons. The van der Waals surface area contributed by atoms with E-state index in [0.717, 1.165) is 19.3 Å². The van der Waals surface area contributed by atoms with Gasteiger partial charge in [-0.1, -0.05) is 0 Å². The zero-order valence-corrected chi connectivity index (χ0v) is 19.5. The van der Waals surface area contributed by atoms with Gasteiger partial charge in [-0.05, 0) is 60.8 Å². The number of carbonyl (C=O) groups excluding carboxylic acids is 2. The maximum atomic E-state index is 12.8. The van der Waals surface area contributed by atoms with Gasteiger partial charge in [0, 0.05) is 32.6 Å². The lowest BCUT2D eigenvalue weighted by Gasteiger charge is -2.35. The number of hydrogen-bond donors (Lipinski definition) is 3. The summed E-state index contributed by atoms with van der Waals surface area (Å²) in [5.41, 5.74) is -1.35. The van der Waals surface area contributed by atoms with Gasteiger partial charge in [0.25, 0.3) is 0 Å². The molecule has 1 saturated carbocycles. The summed E-state index contributed by atoms with van der Waals surface area (Å²) in [4.78, 5) is 30.5. The Morgan fingerprint density at radius 2 is 1.90 bits per heavy atom. The lowest BCUT2D eigenvalue weighted by atomic mass is 10.1. The first kappa shape index (κ1) is 24.2. The predicted octanol–water partition coefficient (Wildman–Crippen LogP) is 1.97. The van der Waals surface area contributed by atoms with Crippen LogP contribution < -0.4 is 16.0 Å². The fourth-order valence-corrected chi connectivity index (χ4v) is 3.53. The van der Waals surface area contributed by atoms with Gasteiger partial charge in [0.15, 0.2) is 5.96 Å². The van der Waals surface area contributed by atoms with E-state index in [-0.39, 0.29) is 18.1 Å². The summed E-state index contributed by atoms with van der Waals surface area (Å²) in [7, 11) is 1.69. The lowest BCUT2D eigenvalue weighted by molar-refractivity contribution is -0.121. The summed E-state index contributed by atoms with van der Waals surface area (Å²) in [5, 5.41) is 9.47. The molecule has 0 spiro atoms. The van der Waals surface area contributed by atoms with Crippen LogP contribution >= 0.6 is 0 Å². The Labute approximate surface area is 180 Å². The number of ether oxygens (including phenoxy) is 2. The van der Waals surface area contributed by atoms with E-state index in [0.29, 0.717) is 31.5 Å². The molecule has 1 saturated heterocycles. The van der Waals surface area contributed by atoms with Gasteiger partial charge in [-0.3, -0.25) is 14.7 Å². The van der Waals surface area contributed by atoms with Crippen LogP contribution in [0.1, 0.15) is 67.2 Å². The summed E-state index contributed by atoms with van der Waals surface area (Å²) in [5.74, 6) is 0.730. The molecule has 2 amide bonds. The number of hydrogen-bond acceptors (Lipinski definition) is 5. The highest BCUT2D eigenvalue weighted by atomic mass is 16.6. The van der Waals surface area contributed by atoms with Crippen LogP contribution in [0.15, 0.2) is 4.99 Å². The van der Waals surface area contributed by atoms with Crippen LogP contribution in [0.4, 0.5) is 4.79 Å². The Balaban J connectivity index is 1.84. The molecule has 9 nitrogen and oxygen atoms in total. The number of rotatable bonds is 7. The van der Waals surface area contributed by atoms with Gasteiger partial charge in [-0.2, -0.15) is 0 Å². The predicted molar refractivity (Wildman–Crippen MR) is 116 cm³/mol. The molecule has 3 N–H and O–H groups in total. The van der Waals surface area contributed by atoms with E-state index >= 15 is 0 Å². The molecule has 2 aliphatic rings. The minimum absolute atomic E-state index is 0.106. The molecular weight excluding hydrogens is 386 g/mol. The van der Waals surface area contributed by atoms with Gasteiger partial charge in [0.2, 0.25) is 5.91 Å². The second-order valence-corrected chi connectivity index (χ2v) is 9.51. The molecule has 0 aromatic rings. The highest BCUT2D eigenvalue weighted by Gasteiger charge is 2.49. The van der Waals surface area contributed by atoms with Crippen molar-refractivity contribution in [2.24, 2.45) is 4.99 Å². The van der Waals surface area contributed by atoms with Crippen molar-refractivity contribution in [3.05, 3.63) is 0 Å². The number of carbonyl (C=O) groups is 2. The summed E-state index contributed by atoms with van der Waals surface area (Å²) in [6, 6.07) is 0.186. The molecule has 2 atom stereocenters. The minimum atomic E-state index is -0.764. The number of guanidine groups is 1. The highest BCUT2D eigenvalue weighted by Crippen LogP contribution is 2.33. The zero-order valence-electron chi connectivity index (χ0n) is 19.5. The Morgan fingerprint density at radius 1 is 1.23 bits per heavy atom. The van der Waals surface area contributed by atoms with Gasteiger partial charge < -0.3 is 25.4 Å². The monoisotopic (exact) mass is 425 g/mol. The first-order valence-corrected chi connectivity index (χ1v) is 10.9. The normalized spacial score (nSPS) is 23.8. The third-order valence-electron chi connectivity index (χ3n) is 5.04. The standard InChI is InChI=1S/C21H39N5O4/c1-14-16(26(21(5,6)29-14)19(28)30-20(2,3)4)13-24-18(22-7)23-12-8-9-17(27)25-15-10-11-15/h14-16H,8-13H2,1-7H3,(H,25,27)(H2,22,23,24). The summed E-state index contributed by atoms with van der Waals surface area (Å²) >= 11 is 0. The van der Waals surface area contributed by atoms with Crippen LogP contribution in [0.25, 0.3) is 0 Å². The molecular formula is C21H39N5O4. The molecule has 0 bridgehead atoms. The van der Waals surface area contributed by atoms with Crippen molar-refractivity contribution in [2.75, 3.05) is 20.1 Å². The van der Waals surface area contributed by atoms with Crippen LogP contribution in [0.2, 0.25) is 0 Å². The van der Waals surface area contributed by atoms with Crippen LogP contribution in [-0.2, 0) is 14.3 Å². The lowest BCUT2D eigenvalue weighted by Crippen LogP contribution is -2.54. The van der Waals surface area contributed by atoms with Crippen molar-refractivity contribution in [1.29, 1.82) is 0 Å². The summed E-state index contributed by atoms with van der Waals surface area (Å²) in [6.45, 7) is 12.3. The van der Waals surface area contributed by atoms with Gasteiger partial charge in [0.05, 0.1) is 12.1 Å². The molecule has 30 heavy (non-hydrogen) atoms. The molecule has 1 aliphatic carbocycles. The van der Waals surface area contributed by atoms with Gasteiger partial charge in [-0.25, -0.2) is 4.79 Å². The maximum absolute atomic E-state index is 12.8. The van der Waals surface area contributed by atoms with Crippen LogP contribution in [0.5, 0.6) is 0 Å². The summed E-state index contributed by atoms with van der Waals surface area (Å²) in [6.07, 6.45) is 2.85. The first-order valence-electron chi connectivity index (χ1n) is 10.9. The zero-order chi connectivity index (χ0) is 22.5. The molecule has 0 aromatic heterocycles. The average Bonchev–Trinajstić information content (AvgIpc) is 3.37. The number of amides is 2. The van der Waals surface area contributed by atoms with E-state index < -0.39 is 17.4 Å². The van der Waals surface area contributed by atoms with E-state index in [1.165, 1.54) is 0 Å². The molecule has 2 rings (SSSR count). The molecule has 172 valence electrons. The van der Waals surface area contributed by atoms with Crippen molar-refractivity contribution in [2.45, 2.75) is 96.7 Å². The van der Waals surface area contributed by atoms with E-state index in [4.69, 9.17) is 9.47 Å². The topological polar surface area (TPSA) is 104 Å². The maximum Gasteiger partial charge on any atom is 0.412 e. The van der Waals surface area contributed by atoms with Crippen LogP contribution in [0, 0.1) is 0 Å². The number of aliphatic imine (C=N–C) groups is 1. The second kappa shape index (κ2) is 9.85. The SMILES string of the molecule is CN=C(NCCCC(=O)NC1CC1)NCC1C(C)OC(C)(C)N1C(=O)OC(C)(C)C. The Bertz CT molecular complexity index is 640. The largest absolute Gasteiger partial charge is 0.444 e. The molecule has 0 aromatic carbocycles. The first-order chi connectivity index (χ1) is 13.9. The molecule has 2 unspecified atom stereocenters. The second-order valence-electron chi connectivity index (χ2n) is 9.51. The molecule has 1 aliphatic heterocycles. The molecule has 9 heteroatoms. The fourth-order valence-electron chi connectivity index (χ4n) is 3.53. The molecule has 2 fully saturated rings. The Kier molecular flexibility index (Phi) is 7.96. The van der Waals surface area contributed by atoms with Crippen LogP contribution in [0.3, 0.4) is 0 Å². The number of nitrogens with one attached hydrogen (secondary N) is 3. The summed E-state index contributed by atoms with van der Waals surface area (Å²) < 4.78 is 11.6. The third-order valence-corrected chi connectivity index (χ3v) is 5.04. The van der Waals surface area contributed by atoms with E-state index in [9.17, 15) is 9.59 Å². The van der Waals surface area contributed by atoms with Crippen LogP contribution in [-0.4, -0.2) is 72.5 Å². The van der Waals surface area contributed by atoms with Gasteiger partial charge in [0.1, 0.15) is 11.3 Å². The molecule has 1 heterocycles. The van der Waals surface area contributed by atoms with Crippen molar-refractivity contribution >= 4 is 18.0 Å². The van der Waals surface area contributed by atoms with E-state index in [1.54, 1.807) is 11.9 Å². The Hall–Kier alpha value is -2.03. The highest BCUT2D eigenvalue weighted by molar-refractivity contribution is 5.80. The van der Waals surface area contributed by atoms with Crippen molar-refractivity contribution in [3.63, 3.8) is 0 Å². The van der Waals surface area contributed by atoms with Crippen molar-refractivity contribution in [3.8, 4) is 0 Å². The van der Waals surface area contributed by atoms with Crippen molar-refractivity contribution in [1.82, 2.24) is 20.9 Å². The average molecular weight is 426 g/mol.